The quantitative estimate of drug-likeness (QED) is 0.651. The van der Waals surface area contributed by atoms with E-state index in [2.05, 4.69) is 4.72 Å². The standard InChI is InChI=1S/C10H24N2O3S/c1-8(2)10(7-11)12-16(13,14)6-5-15-9(3)4/h8-10,12H,5-7,11H2,1-4H3. The van der Waals surface area contributed by atoms with E-state index < -0.39 is 10.0 Å². The fraction of sp³-hybridized carbons (Fsp3) is 1.00. The maximum atomic E-state index is 11.6. The molecule has 0 fully saturated rings. The number of nitrogens with two attached hydrogens (primary N) is 1. The highest BCUT2D eigenvalue weighted by Gasteiger charge is 2.19. The summed E-state index contributed by atoms with van der Waals surface area (Å²) in [5.74, 6) is 0.166. The van der Waals surface area contributed by atoms with Gasteiger partial charge < -0.3 is 10.5 Å². The maximum Gasteiger partial charge on any atom is 0.214 e. The molecule has 1 unspecified atom stereocenters. The fourth-order valence-electron chi connectivity index (χ4n) is 1.14. The zero-order chi connectivity index (χ0) is 12.8. The Morgan fingerprint density at radius 3 is 2.19 bits per heavy atom. The van der Waals surface area contributed by atoms with E-state index >= 15 is 0 Å². The van der Waals surface area contributed by atoms with Crippen LogP contribution in [0.4, 0.5) is 0 Å². The number of hydrogen-bond acceptors (Lipinski definition) is 4. The minimum atomic E-state index is -3.29. The molecule has 0 amide bonds. The van der Waals surface area contributed by atoms with Crippen LogP contribution in [0, 0.1) is 5.92 Å². The lowest BCUT2D eigenvalue weighted by molar-refractivity contribution is 0.0911. The molecule has 0 aliphatic heterocycles. The molecule has 0 aromatic heterocycles. The molecule has 0 aromatic rings. The van der Waals surface area contributed by atoms with Gasteiger partial charge in [-0.3, -0.25) is 0 Å². The van der Waals surface area contributed by atoms with E-state index in [4.69, 9.17) is 10.5 Å². The molecule has 98 valence electrons. The second-order valence-corrected chi connectivity index (χ2v) is 6.32. The lowest BCUT2D eigenvalue weighted by Crippen LogP contribution is -2.45. The monoisotopic (exact) mass is 252 g/mol. The Kier molecular flexibility index (Phi) is 7.14. The summed E-state index contributed by atoms with van der Waals surface area (Å²) in [6.45, 7) is 8.13. The first kappa shape index (κ1) is 15.8. The van der Waals surface area contributed by atoms with Gasteiger partial charge in [-0.15, -0.1) is 0 Å². The third kappa shape index (κ3) is 7.16. The van der Waals surface area contributed by atoms with Crippen LogP contribution in [0.1, 0.15) is 27.7 Å². The fourth-order valence-corrected chi connectivity index (χ4v) is 2.40. The predicted molar refractivity (Wildman–Crippen MR) is 65.7 cm³/mol. The van der Waals surface area contributed by atoms with Crippen molar-refractivity contribution < 1.29 is 13.2 Å². The van der Waals surface area contributed by atoms with Gasteiger partial charge in [0.1, 0.15) is 0 Å². The van der Waals surface area contributed by atoms with Crippen LogP contribution in [0.5, 0.6) is 0 Å². The Labute approximate surface area is 98.8 Å². The van der Waals surface area contributed by atoms with Gasteiger partial charge in [-0.1, -0.05) is 13.8 Å². The second-order valence-electron chi connectivity index (χ2n) is 4.44. The van der Waals surface area contributed by atoms with E-state index in [-0.39, 0.29) is 30.4 Å². The first-order chi connectivity index (χ1) is 7.28. The van der Waals surface area contributed by atoms with Gasteiger partial charge in [0.2, 0.25) is 10.0 Å². The molecular formula is C10H24N2O3S. The van der Waals surface area contributed by atoms with Crippen molar-refractivity contribution in [3.05, 3.63) is 0 Å². The molecule has 0 aromatic carbocycles. The Morgan fingerprint density at radius 1 is 1.25 bits per heavy atom. The second kappa shape index (κ2) is 7.21. The summed E-state index contributed by atoms with van der Waals surface area (Å²) in [6.07, 6.45) is 0.0469. The van der Waals surface area contributed by atoms with Crippen molar-refractivity contribution >= 4 is 10.0 Å². The van der Waals surface area contributed by atoms with Crippen LogP contribution in [-0.4, -0.2) is 39.5 Å². The molecular weight excluding hydrogens is 228 g/mol. The SMILES string of the molecule is CC(C)OCCS(=O)(=O)NC(CN)C(C)C. The highest BCUT2D eigenvalue weighted by Crippen LogP contribution is 2.02. The molecule has 0 heterocycles. The van der Waals surface area contributed by atoms with E-state index in [1.165, 1.54) is 0 Å². The molecule has 3 N–H and O–H groups in total. The van der Waals surface area contributed by atoms with Crippen LogP contribution < -0.4 is 10.5 Å². The molecule has 0 aliphatic rings. The van der Waals surface area contributed by atoms with Gasteiger partial charge in [0.25, 0.3) is 0 Å². The van der Waals surface area contributed by atoms with E-state index in [9.17, 15) is 8.42 Å². The summed E-state index contributed by atoms with van der Waals surface area (Å²) in [4.78, 5) is 0. The highest BCUT2D eigenvalue weighted by atomic mass is 32.2. The van der Waals surface area contributed by atoms with Crippen molar-refractivity contribution in [3.8, 4) is 0 Å². The normalized spacial score (nSPS) is 14.7. The first-order valence-electron chi connectivity index (χ1n) is 5.60. The van der Waals surface area contributed by atoms with Gasteiger partial charge in [-0.05, 0) is 19.8 Å². The van der Waals surface area contributed by atoms with Gasteiger partial charge in [0.05, 0.1) is 18.5 Å². The number of ether oxygens (including phenoxy) is 1. The van der Waals surface area contributed by atoms with E-state index in [0.29, 0.717) is 6.54 Å². The molecule has 0 rings (SSSR count). The largest absolute Gasteiger partial charge is 0.378 e. The molecule has 6 heteroatoms. The van der Waals surface area contributed by atoms with Gasteiger partial charge in [-0.25, -0.2) is 13.1 Å². The molecule has 0 radical (unpaired) electrons. The molecule has 0 spiro atoms. The molecule has 1 atom stereocenters. The van der Waals surface area contributed by atoms with Crippen molar-refractivity contribution in [2.75, 3.05) is 18.9 Å². The number of nitrogens with one attached hydrogen (secondary N) is 1. The zero-order valence-electron chi connectivity index (χ0n) is 10.6. The predicted octanol–water partition coefficient (Wildman–Crippen LogP) is 0.314. The highest BCUT2D eigenvalue weighted by molar-refractivity contribution is 7.89. The summed E-state index contributed by atoms with van der Waals surface area (Å²) in [7, 11) is -3.29. The lowest BCUT2D eigenvalue weighted by Gasteiger charge is -2.20. The van der Waals surface area contributed by atoms with Gasteiger partial charge in [-0.2, -0.15) is 0 Å². The van der Waals surface area contributed by atoms with Crippen LogP contribution in [0.25, 0.3) is 0 Å². The minimum Gasteiger partial charge on any atom is -0.378 e. The summed E-state index contributed by atoms with van der Waals surface area (Å²) in [6, 6.07) is -0.205. The van der Waals surface area contributed by atoms with Crippen LogP contribution in [-0.2, 0) is 14.8 Å². The topological polar surface area (TPSA) is 81.4 Å². The van der Waals surface area contributed by atoms with Crippen molar-refractivity contribution in [1.29, 1.82) is 0 Å². The van der Waals surface area contributed by atoms with Crippen molar-refractivity contribution in [3.63, 3.8) is 0 Å². The molecule has 0 bridgehead atoms. The van der Waals surface area contributed by atoms with E-state index in [1.54, 1.807) is 0 Å². The Bertz CT molecular complexity index is 276. The Hall–Kier alpha value is -0.170. The average Bonchev–Trinajstić information content (AvgIpc) is 2.12. The van der Waals surface area contributed by atoms with Crippen LogP contribution >= 0.6 is 0 Å². The lowest BCUT2D eigenvalue weighted by atomic mass is 10.1. The average molecular weight is 252 g/mol. The van der Waals surface area contributed by atoms with Crippen LogP contribution in [0.2, 0.25) is 0 Å². The summed E-state index contributed by atoms with van der Waals surface area (Å²) in [5.41, 5.74) is 5.50. The smallest absolute Gasteiger partial charge is 0.214 e. The van der Waals surface area contributed by atoms with Crippen LogP contribution in [0.3, 0.4) is 0 Å². The Morgan fingerprint density at radius 2 is 1.81 bits per heavy atom. The summed E-state index contributed by atoms with van der Waals surface area (Å²) >= 11 is 0. The minimum absolute atomic E-state index is 0.0194. The molecule has 16 heavy (non-hydrogen) atoms. The van der Waals surface area contributed by atoms with Gasteiger partial charge >= 0.3 is 0 Å². The third-order valence-electron chi connectivity index (χ3n) is 2.19. The number of sulfonamides is 1. The van der Waals surface area contributed by atoms with Crippen molar-refractivity contribution in [2.45, 2.75) is 39.8 Å². The van der Waals surface area contributed by atoms with Gasteiger partial charge in [0.15, 0.2) is 0 Å². The van der Waals surface area contributed by atoms with Crippen LogP contribution in [0.15, 0.2) is 0 Å². The van der Waals surface area contributed by atoms with E-state index in [1.807, 2.05) is 27.7 Å². The summed E-state index contributed by atoms with van der Waals surface area (Å²) < 4.78 is 31.1. The number of hydrogen-bond donors (Lipinski definition) is 2. The molecule has 5 nitrogen and oxygen atoms in total. The molecule has 0 saturated carbocycles. The van der Waals surface area contributed by atoms with Gasteiger partial charge in [0, 0.05) is 12.6 Å². The first-order valence-corrected chi connectivity index (χ1v) is 7.25. The number of rotatable bonds is 8. The molecule has 0 saturated heterocycles. The maximum absolute atomic E-state index is 11.6. The van der Waals surface area contributed by atoms with E-state index in [0.717, 1.165) is 0 Å². The molecule has 0 aliphatic carbocycles. The van der Waals surface area contributed by atoms with Crippen molar-refractivity contribution in [1.82, 2.24) is 4.72 Å². The zero-order valence-corrected chi connectivity index (χ0v) is 11.4. The summed E-state index contributed by atoms with van der Waals surface area (Å²) in [5, 5.41) is 0. The Balaban J connectivity index is 4.13. The third-order valence-corrected chi connectivity index (χ3v) is 3.56. The van der Waals surface area contributed by atoms with Crippen molar-refractivity contribution in [2.24, 2.45) is 11.7 Å².